The fraction of sp³-hybridized carbons (Fsp3) is 1.00. The molecule has 0 aromatic heterocycles. The summed E-state index contributed by atoms with van der Waals surface area (Å²) >= 11 is 0. The molecule has 0 spiro atoms. The average Bonchev–Trinajstić information content (AvgIpc) is 2.67. The van der Waals surface area contributed by atoms with Gasteiger partial charge in [0.2, 0.25) is 0 Å². The van der Waals surface area contributed by atoms with E-state index in [9.17, 15) is 0 Å². The van der Waals surface area contributed by atoms with Gasteiger partial charge in [-0.1, -0.05) is 20.8 Å². The van der Waals surface area contributed by atoms with Crippen LogP contribution in [0.5, 0.6) is 0 Å². The maximum absolute atomic E-state index is 3.71. The Labute approximate surface area is 75.9 Å². The molecule has 0 bridgehead atoms. The quantitative estimate of drug-likeness (QED) is 0.681. The molecule has 1 unspecified atom stereocenters. The van der Waals surface area contributed by atoms with E-state index in [0.717, 1.165) is 6.04 Å². The molecular weight excluding hydrogens is 146 g/mol. The summed E-state index contributed by atoms with van der Waals surface area (Å²) in [6.07, 6.45) is 5.67. The summed E-state index contributed by atoms with van der Waals surface area (Å²) in [4.78, 5) is 0. The molecule has 0 radical (unpaired) electrons. The summed E-state index contributed by atoms with van der Waals surface area (Å²) in [5.74, 6) is 0. The Morgan fingerprint density at radius 2 is 1.83 bits per heavy atom. The van der Waals surface area contributed by atoms with Crippen molar-refractivity contribution in [1.29, 1.82) is 0 Å². The molecule has 1 nitrogen and oxygen atoms in total. The molecular formula is C11H21N. The Bertz CT molecular complexity index is 179. The molecule has 0 aromatic rings. The van der Waals surface area contributed by atoms with Gasteiger partial charge in [0.05, 0.1) is 0 Å². The van der Waals surface area contributed by atoms with Crippen LogP contribution < -0.4 is 5.32 Å². The minimum absolute atomic E-state index is 0.575. The van der Waals surface area contributed by atoms with Crippen LogP contribution in [0.25, 0.3) is 0 Å². The van der Waals surface area contributed by atoms with Crippen molar-refractivity contribution < 1.29 is 0 Å². The van der Waals surface area contributed by atoms with E-state index in [1.54, 1.807) is 0 Å². The zero-order valence-corrected chi connectivity index (χ0v) is 8.61. The molecule has 2 fully saturated rings. The number of hydrogen-bond acceptors (Lipinski definition) is 1. The Hall–Kier alpha value is -0.0400. The normalized spacial score (nSPS) is 35.8. The third kappa shape index (κ3) is 1.52. The van der Waals surface area contributed by atoms with Crippen molar-refractivity contribution >= 4 is 0 Å². The van der Waals surface area contributed by atoms with Crippen LogP contribution in [-0.2, 0) is 0 Å². The molecule has 2 rings (SSSR count). The van der Waals surface area contributed by atoms with E-state index in [1.165, 1.54) is 32.2 Å². The molecule has 2 aliphatic rings. The highest BCUT2D eigenvalue weighted by Gasteiger charge is 2.42. The van der Waals surface area contributed by atoms with Gasteiger partial charge in [0.15, 0.2) is 0 Å². The topological polar surface area (TPSA) is 12.0 Å². The third-order valence-corrected chi connectivity index (χ3v) is 3.90. The highest BCUT2D eigenvalue weighted by Crippen LogP contribution is 2.46. The molecule has 2 aliphatic carbocycles. The van der Waals surface area contributed by atoms with Gasteiger partial charge < -0.3 is 5.32 Å². The lowest BCUT2D eigenvalue weighted by Gasteiger charge is -2.45. The number of nitrogens with one attached hydrogen (secondary N) is 1. The van der Waals surface area contributed by atoms with Gasteiger partial charge in [-0.2, -0.15) is 0 Å². The van der Waals surface area contributed by atoms with Gasteiger partial charge in [-0.05, 0) is 36.5 Å². The second kappa shape index (κ2) is 2.47. The van der Waals surface area contributed by atoms with Gasteiger partial charge in [-0.3, -0.25) is 0 Å². The molecule has 0 amide bonds. The first-order valence-electron chi connectivity index (χ1n) is 5.25. The second-order valence-corrected chi connectivity index (χ2v) is 5.77. The van der Waals surface area contributed by atoms with Gasteiger partial charge >= 0.3 is 0 Å². The second-order valence-electron chi connectivity index (χ2n) is 5.77. The van der Waals surface area contributed by atoms with Crippen molar-refractivity contribution in [2.45, 2.75) is 52.5 Å². The Kier molecular flexibility index (Phi) is 1.76. The van der Waals surface area contributed by atoms with Crippen LogP contribution in [0, 0.1) is 10.8 Å². The first-order chi connectivity index (χ1) is 5.52. The Balaban J connectivity index is 1.74. The molecule has 70 valence electrons. The van der Waals surface area contributed by atoms with E-state index in [1.807, 2.05) is 0 Å². The first kappa shape index (κ1) is 8.55. The summed E-state index contributed by atoms with van der Waals surface area (Å²) in [5.41, 5.74) is 1.25. The molecule has 2 saturated carbocycles. The monoisotopic (exact) mass is 167 g/mol. The van der Waals surface area contributed by atoms with E-state index in [4.69, 9.17) is 0 Å². The van der Waals surface area contributed by atoms with Gasteiger partial charge in [0.1, 0.15) is 0 Å². The van der Waals surface area contributed by atoms with Crippen molar-refractivity contribution in [1.82, 2.24) is 5.32 Å². The summed E-state index contributed by atoms with van der Waals surface area (Å²) in [5, 5.41) is 3.71. The summed E-state index contributed by atoms with van der Waals surface area (Å²) in [6.45, 7) is 8.40. The highest BCUT2D eigenvalue weighted by molar-refractivity contribution is 4.97. The standard InChI is InChI=1S/C11H21N/c1-10(2)5-4-9(10)12-8-11(3)6-7-11/h9,12H,4-8H2,1-3H3. The molecule has 0 aliphatic heterocycles. The lowest BCUT2D eigenvalue weighted by Crippen LogP contribution is -2.51. The molecule has 0 aromatic carbocycles. The lowest BCUT2D eigenvalue weighted by atomic mass is 9.67. The van der Waals surface area contributed by atoms with Crippen LogP contribution in [0.4, 0.5) is 0 Å². The van der Waals surface area contributed by atoms with Crippen LogP contribution in [0.3, 0.4) is 0 Å². The van der Waals surface area contributed by atoms with Crippen molar-refractivity contribution in [3.63, 3.8) is 0 Å². The average molecular weight is 167 g/mol. The molecule has 0 saturated heterocycles. The predicted octanol–water partition coefficient (Wildman–Crippen LogP) is 2.56. The minimum Gasteiger partial charge on any atom is -0.313 e. The molecule has 0 heterocycles. The molecule has 1 heteroatoms. The van der Waals surface area contributed by atoms with E-state index in [2.05, 4.69) is 26.1 Å². The van der Waals surface area contributed by atoms with Crippen molar-refractivity contribution in [2.75, 3.05) is 6.54 Å². The smallest absolute Gasteiger partial charge is 0.0119 e. The van der Waals surface area contributed by atoms with Crippen molar-refractivity contribution in [3.8, 4) is 0 Å². The van der Waals surface area contributed by atoms with Crippen LogP contribution in [0.15, 0.2) is 0 Å². The molecule has 1 N–H and O–H groups in total. The summed E-state index contributed by atoms with van der Waals surface area (Å²) < 4.78 is 0. The fourth-order valence-electron chi connectivity index (χ4n) is 2.00. The molecule has 1 atom stereocenters. The van der Waals surface area contributed by atoms with Crippen LogP contribution in [-0.4, -0.2) is 12.6 Å². The first-order valence-corrected chi connectivity index (χ1v) is 5.25. The Morgan fingerprint density at radius 3 is 2.17 bits per heavy atom. The van der Waals surface area contributed by atoms with Crippen LogP contribution in [0.2, 0.25) is 0 Å². The zero-order valence-electron chi connectivity index (χ0n) is 8.61. The van der Waals surface area contributed by atoms with E-state index in [0.29, 0.717) is 10.8 Å². The van der Waals surface area contributed by atoms with Crippen molar-refractivity contribution in [3.05, 3.63) is 0 Å². The Morgan fingerprint density at radius 1 is 1.17 bits per heavy atom. The van der Waals surface area contributed by atoms with Gasteiger partial charge in [0.25, 0.3) is 0 Å². The van der Waals surface area contributed by atoms with Gasteiger partial charge in [0, 0.05) is 12.6 Å². The SMILES string of the molecule is CC1(CNC2CCC2(C)C)CC1. The third-order valence-electron chi connectivity index (χ3n) is 3.90. The summed E-state index contributed by atoms with van der Waals surface area (Å²) in [6, 6.07) is 0.801. The lowest BCUT2D eigenvalue weighted by molar-refractivity contribution is 0.104. The molecule has 12 heavy (non-hydrogen) atoms. The maximum Gasteiger partial charge on any atom is 0.0119 e. The van der Waals surface area contributed by atoms with Crippen molar-refractivity contribution in [2.24, 2.45) is 10.8 Å². The highest BCUT2D eigenvalue weighted by atomic mass is 15.0. The predicted molar refractivity (Wildman–Crippen MR) is 52.1 cm³/mol. The minimum atomic E-state index is 0.575. The van der Waals surface area contributed by atoms with Crippen LogP contribution in [0.1, 0.15) is 46.5 Å². The largest absolute Gasteiger partial charge is 0.313 e. The number of hydrogen-bond donors (Lipinski definition) is 1. The van der Waals surface area contributed by atoms with Gasteiger partial charge in [-0.25, -0.2) is 0 Å². The fourth-order valence-corrected chi connectivity index (χ4v) is 2.00. The zero-order chi connectivity index (χ0) is 8.82. The summed E-state index contributed by atoms with van der Waals surface area (Å²) in [7, 11) is 0. The van der Waals surface area contributed by atoms with Gasteiger partial charge in [-0.15, -0.1) is 0 Å². The van der Waals surface area contributed by atoms with Crippen LogP contribution >= 0.6 is 0 Å². The maximum atomic E-state index is 3.71. The van der Waals surface area contributed by atoms with E-state index < -0.39 is 0 Å². The number of rotatable bonds is 3. The van der Waals surface area contributed by atoms with E-state index >= 15 is 0 Å². The van der Waals surface area contributed by atoms with E-state index in [-0.39, 0.29) is 0 Å².